The standard InChI is InChI=1S/C18H32N9O13/c19-25-22-1-4-7(28)8(29)12(33)17(37-4)40-15-6(3-24-27-21)38-18(13(34)10(15)31)39-14-5(2-23-26-20)36-16(35)11(32)9(14)30/h4-21,28-35H,1-3H2/q+3/t4-,5-,6-,7-,8+,9-,10-,11-,12-,13-,14-,15-,16-,17+,18+/m1/s1. The lowest BCUT2D eigenvalue weighted by atomic mass is 9.95. The Hall–Kier alpha value is -2.59. The molecule has 224 valence electrons. The van der Waals surface area contributed by atoms with E-state index in [1.54, 1.807) is 0 Å². The molecule has 3 aliphatic heterocycles. The van der Waals surface area contributed by atoms with E-state index in [1.165, 1.54) is 0 Å². The molecule has 0 amide bonds. The quantitative estimate of drug-likeness (QED) is 0.0845. The van der Waals surface area contributed by atoms with E-state index in [4.69, 9.17) is 40.3 Å². The SMILES string of the molecule is N=[N+]=NC[C@H]1O[C@@H](O[C@H]2[C@H](O)[C@@H](O)[C@H](O[C@H]3[C@H](O)[C@@H](O)[C@H](O)O[C@@H]3CN=[N+]=N)O[C@@H]2CN=[N+]=N)[C@H](O)[C@@H](O)[C@@H]1O. The lowest BCUT2D eigenvalue weighted by Crippen LogP contribution is -2.66. The molecule has 0 aromatic rings. The molecule has 0 unspecified atom stereocenters. The molecule has 0 spiro atoms. The van der Waals surface area contributed by atoms with E-state index < -0.39 is 105 Å². The molecule has 3 fully saturated rings. The van der Waals surface area contributed by atoms with Gasteiger partial charge in [-0.15, -0.1) is 0 Å². The van der Waals surface area contributed by atoms with Crippen molar-refractivity contribution in [3.63, 3.8) is 0 Å². The zero-order valence-corrected chi connectivity index (χ0v) is 20.6. The lowest BCUT2D eigenvalue weighted by molar-refractivity contribution is -0.372. The molecule has 22 nitrogen and oxygen atoms in total. The van der Waals surface area contributed by atoms with E-state index in [9.17, 15) is 40.9 Å². The van der Waals surface area contributed by atoms with Crippen LogP contribution >= 0.6 is 0 Å². The number of aliphatic hydroxyl groups excluding tert-OH is 8. The summed E-state index contributed by atoms with van der Waals surface area (Å²) >= 11 is 0. The maximum absolute atomic E-state index is 10.9. The summed E-state index contributed by atoms with van der Waals surface area (Å²) in [6.45, 7) is -1.27. The molecular formula is C18H32N9O13+3. The second kappa shape index (κ2) is 14.3. The fraction of sp³-hybridized carbons (Fsp3) is 1.00. The van der Waals surface area contributed by atoms with Gasteiger partial charge in [0.25, 0.3) is 0 Å². The highest BCUT2D eigenvalue weighted by Gasteiger charge is 2.54. The molecule has 3 aliphatic rings. The van der Waals surface area contributed by atoms with E-state index in [1.807, 2.05) is 0 Å². The van der Waals surface area contributed by atoms with Gasteiger partial charge in [-0.1, -0.05) is 0 Å². The van der Waals surface area contributed by atoms with Gasteiger partial charge < -0.3 is 64.5 Å². The smallest absolute Gasteiger partial charge is 0.214 e. The van der Waals surface area contributed by atoms with E-state index in [0.717, 1.165) is 0 Å². The van der Waals surface area contributed by atoms with Gasteiger partial charge in [0.1, 0.15) is 105 Å². The minimum atomic E-state index is -1.94. The van der Waals surface area contributed by atoms with Gasteiger partial charge in [-0.2, -0.15) is 0 Å². The van der Waals surface area contributed by atoms with Crippen LogP contribution in [-0.4, -0.2) is 153 Å². The van der Waals surface area contributed by atoms with E-state index in [-0.39, 0.29) is 6.54 Å². The number of rotatable bonds is 10. The number of hydrogen-bond donors (Lipinski definition) is 11. The first-order valence-electron chi connectivity index (χ1n) is 11.9. The first-order chi connectivity index (χ1) is 19.0. The Morgan fingerprint density at radius 2 is 0.900 bits per heavy atom. The number of ether oxygens (including phenoxy) is 5. The monoisotopic (exact) mass is 582 g/mol. The zero-order chi connectivity index (χ0) is 29.6. The summed E-state index contributed by atoms with van der Waals surface area (Å²) in [6, 6.07) is 0. The van der Waals surface area contributed by atoms with E-state index in [2.05, 4.69) is 30.1 Å². The number of hydrogen-bond acceptors (Lipinski definition) is 19. The third kappa shape index (κ3) is 7.00. The van der Waals surface area contributed by atoms with Gasteiger partial charge in [0.05, 0.1) is 0 Å². The van der Waals surface area contributed by atoms with Gasteiger partial charge in [-0.25, -0.2) is 0 Å². The fourth-order valence-electron chi connectivity index (χ4n) is 4.42. The Morgan fingerprint density at radius 3 is 1.40 bits per heavy atom. The Balaban J connectivity index is 1.81. The average Bonchev–Trinajstić information content (AvgIpc) is 2.94. The van der Waals surface area contributed by atoms with Crippen molar-refractivity contribution in [1.82, 2.24) is 14.7 Å². The molecule has 11 N–H and O–H groups in total. The van der Waals surface area contributed by atoms with Crippen molar-refractivity contribution in [2.45, 2.75) is 92.1 Å². The van der Waals surface area contributed by atoms with Crippen LogP contribution in [0.4, 0.5) is 0 Å². The summed E-state index contributed by atoms with van der Waals surface area (Å²) in [5.74, 6) is 0. The Bertz CT molecular complexity index is 996. The first kappa shape index (κ1) is 31.9. The van der Waals surface area contributed by atoms with Crippen molar-refractivity contribution < 1.29 is 64.5 Å². The number of nitrogens with one attached hydrogen (secondary N) is 3. The van der Waals surface area contributed by atoms with Gasteiger partial charge in [0, 0.05) is 0 Å². The van der Waals surface area contributed by atoms with Crippen LogP contribution in [0.15, 0.2) is 15.3 Å². The van der Waals surface area contributed by atoms with Gasteiger partial charge in [0.15, 0.2) is 38.5 Å². The summed E-state index contributed by atoms with van der Waals surface area (Å²) in [5.41, 5.74) is 20.5. The number of aliphatic hydroxyl groups is 8. The van der Waals surface area contributed by atoms with Crippen LogP contribution in [0.2, 0.25) is 0 Å². The lowest BCUT2D eigenvalue weighted by Gasteiger charge is -2.47. The van der Waals surface area contributed by atoms with Crippen LogP contribution in [0.25, 0.3) is 0 Å². The highest BCUT2D eigenvalue weighted by Crippen LogP contribution is 2.32. The Kier molecular flexibility index (Phi) is 11.5. The minimum absolute atomic E-state index is 0.389. The van der Waals surface area contributed by atoms with Crippen molar-refractivity contribution in [2.75, 3.05) is 19.6 Å². The fourth-order valence-corrected chi connectivity index (χ4v) is 4.42. The Morgan fingerprint density at radius 1 is 0.500 bits per heavy atom. The molecule has 0 aliphatic carbocycles. The molecule has 40 heavy (non-hydrogen) atoms. The molecule has 0 aromatic heterocycles. The molecule has 22 heteroatoms. The second-order valence-corrected chi connectivity index (χ2v) is 9.06. The minimum Gasteiger partial charge on any atom is -0.388 e. The van der Waals surface area contributed by atoms with Crippen LogP contribution < -0.4 is 14.7 Å². The van der Waals surface area contributed by atoms with Gasteiger partial charge in [-0.05, 0) is 0 Å². The van der Waals surface area contributed by atoms with Crippen LogP contribution in [-0.2, 0) is 23.7 Å². The average molecular weight is 583 g/mol. The van der Waals surface area contributed by atoms with Crippen molar-refractivity contribution in [1.29, 1.82) is 16.6 Å². The summed E-state index contributed by atoms with van der Waals surface area (Å²) in [4.78, 5) is 8.44. The van der Waals surface area contributed by atoms with Crippen LogP contribution in [0.5, 0.6) is 0 Å². The summed E-state index contributed by atoms with van der Waals surface area (Å²) in [5, 5.41) is 93.0. The third-order valence-electron chi connectivity index (χ3n) is 6.55. The van der Waals surface area contributed by atoms with Gasteiger partial charge in [-0.3, -0.25) is 0 Å². The third-order valence-corrected chi connectivity index (χ3v) is 6.55. The molecule has 0 aromatic carbocycles. The topological polar surface area (TPSA) is 359 Å². The highest BCUT2D eigenvalue weighted by molar-refractivity contribution is 4.97. The summed E-state index contributed by atoms with van der Waals surface area (Å²) < 4.78 is 27.5. The van der Waals surface area contributed by atoms with Crippen molar-refractivity contribution in [2.24, 2.45) is 15.3 Å². The van der Waals surface area contributed by atoms with Crippen molar-refractivity contribution in [3.05, 3.63) is 0 Å². The van der Waals surface area contributed by atoms with Gasteiger partial charge in [0.2, 0.25) is 14.7 Å². The molecule has 3 rings (SSSR count). The van der Waals surface area contributed by atoms with E-state index in [0.29, 0.717) is 0 Å². The molecule has 0 bridgehead atoms. The Labute approximate surface area is 223 Å². The molecule has 15 atom stereocenters. The number of nitrogens with zero attached hydrogens (tertiary/aromatic N) is 6. The summed E-state index contributed by atoms with van der Waals surface area (Å²) in [6.07, 6.45) is -25.1. The predicted molar refractivity (Wildman–Crippen MR) is 116 cm³/mol. The molecule has 0 radical (unpaired) electrons. The highest BCUT2D eigenvalue weighted by atomic mass is 16.7. The zero-order valence-electron chi connectivity index (χ0n) is 20.6. The normalized spacial score (nSPS) is 45.5. The van der Waals surface area contributed by atoms with Crippen molar-refractivity contribution in [3.8, 4) is 0 Å². The summed E-state index contributed by atoms with van der Waals surface area (Å²) in [7, 11) is 0. The van der Waals surface area contributed by atoms with Crippen LogP contribution in [0.3, 0.4) is 0 Å². The molecule has 3 saturated heterocycles. The van der Waals surface area contributed by atoms with Crippen LogP contribution in [0, 0.1) is 16.6 Å². The molecule has 0 saturated carbocycles. The molecular weight excluding hydrogens is 550 g/mol. The first-order valence-corrected chi connectivity index (χ1v) is 11.9. The van der Waals surface area contributed by atoms with Crippen molar-refractivity contribution >= 4 is 0 Å². The van der Waals surface area contributed by atoms with E-state index >= 15 is 0 Å². The predicted octanol–water partition coefficient (Wildman–Crippen LogP) is -5.90. The van der Waals surface area contributed by atoms with Gasteiger partial charge >= 0.3 is 0 Å². The molecule has 3 heterocycles. The second-order valence-electron chi connectivity index (χ2n) is 9.06. The maximum Gasteiger partial charge on any atom is 0.214 e. The largest absolute Gasteiger partial charge is 0.388 e. The maximum atomic E-state index is 10.9. The van der Waals surface area contributed by atoms with Crippen LogP contribution in [0.1, 0.15) is 0 Å².